The summed E-state index contributed by atoms with van der Waals surface area (Å²) in [5.41, 5.74) is 2.17. The van der Waals surface area contributed by atoms with Gasteiger partial charge in [-0.3, -0.25) is 9.88 Å². The number of benzene rings is 1. The number of nitrogens with zero attached hydrogens (tertiary/aromatic N) is 4. The predicted octanol–water partition coefficient (Wildman–Crippen LogP) is 2.61. The Labute approximate surface area is 191 Å². The Bertz CT molecular complexity index is 960. The van der Waals surface area contributed by atoms with Gasteiger partial charge in [0.05, 0.1) is 18.8 Å². The zero-order valence-electron chi connectivity index (χ0n) is 18.2. The van der Waals surface area contributed by atoms with E-state index >= 15 is 0 Å². The molecule has 9 heteroatoms. The second kappa shape index (κ2) is 11.7. The molecule has 1 saturated heterocycles. The van der Waals surface area contributed by atoms with Crippen LogP contribution < -0.4 is 15.4 Å². The number of aromatic nitrogens is 1. The van der Waals surface area contributed by atoms with Crippen LogP contribution in [-0.4, -0.2) is 52.0 Å². The Balaban J connectivity index is 1.17. The molecule has 8 nitrogen and oxygen atoms in total. The summed E-state index contributed by atoms with van der Waals surface area (Å²) in [6.07, 6.45) is 6.47. The number of pyridine rings is 1. The standard InChI is InChI=1S/C23H30N6O2S/c30-32-27-22(23(28-32)26-17-20-9-2-3-11-24-20)25-12-7-15-31-21-10-6-8-19(16-21)18-29-13-4-1-5-14-29/h2-3,6,8-11,16H,1,4-5,7,12-15,17-18H2,(H,25,27)(H,26,28). The molecule has 2 N–H and O–H groups in total. The number of ether oxygens (including phenoxy) is 1. The van der Waals surface area contributed by atoms with Crippen molar-refractivity contribution in [2.45, 2.75) is 38.8 Å². The highest BCUT2D eigenvalue weighted by Gasteiger charge is 2.18. The maximum absolute atomic E-state index is 11.7. The third-order valence-electron chi connectivity index (χ3n) is 5.36. The first-order valence-electron chi connectivity index (χ1n) is 11.2. The van der Waals surface area contributed by atoms with Crippen LogP contribution in [-0.2, 0) is 24.3 Å². The topological polar surface area (TPSA) is 91.2 Å². The van der Waals surface area contributed by atoms with Crippen molar-refractivity contribution in [1.29, 1.82) is 0 Å². The van der Waals surface area contributed by atoms with Crippen LogP contribution in [0.25, 0.3) is 0 Å². The highest BCUT2D eigenvalue weighted by molar-refractivity contribution is 7.83. The number of piperidine rings is 1. The van der Waals surface area contributed by atoms with Crippen LogP contribution in [0.2, 0.25) is 0 Å². The van der Waals surface area contributed by atoms with Crippen LogP contribution in [0.1, 0.15) is 36.9 Å². The fourth-order valence-electron chi connectivity index (χ4n) is 3.75. The largest absolute Gasteiger partial charge is 0.494 e. The maximum atomic E-state index is 11.7. The Morgan fingerprint density at radius 1 is 1.00 bits per heavy atom. The predicted molar refractivity (Wildman–Crippen MR) is 128 cm³/mol. The molecule has 1 unspecified atom stereocenters. The van der Waals surface area contributed by atoms with Crippen molar-refractivity contribution in [2.24, 2.45) is 8.80 Å². The third kappa shape index (κ3) is 6.86. The van der Waals surface area contributed by atoms with Crippen molar-refractivity contribution in [1.82, 2.24) is 20.5 Å². The van der Waals surface area contributed by atoms with Crippen LogP contribution in [0, 0.1) is 0 Å². The van der Waals surface area contributed by atoms with Gasteiger partial charge in [0.25, 0.3) is 11.2 Å². The Hall–Kier alpha value is -2.78. The summed E-state index contributed by atoms with van der Waals surface area (Å²) in [4.78, 5) is 6.78. The number of amidine groups is 2. The number of hydrogen-bond donors (Lipinski definition) is 2. The molecule has 0 saturated carbocycles. The van der Waals surface area contributed by atoms with Gasteiger partial charge in [-0.15, -0.1) is 8.80 Å². The van der Waals surface area contributed by atoms with Crippen molar-refractivity contribution < 1.29 is 8.95 Å². The second-order valence-corrected chi connectivity index (χ2v) is 8.72. The van der Waals surface area contributed by atoms with Crippen molar-refractivity contribution in [3.8, 4) is 5.75 Å². The minimum atomic E-state index is -1.59. The molecule has 32 heavy (non-hydrogen) atoms. The molecule has 3 heterocycles. The molecule has 1 aromatic carbocycles. The summed E-state index contributed by atoms with van der Waals surface area (Å²) in [5.74, 6) is 1.92. The summed E-state index contributed by atoms with van der Waals surface area (Å²) >= 11 is -1.59. The quantitative estimate of drug-likeness (QED) is 0.566. The summed E-state index contributed by atoms with van der Waals surface area (Å²) in [7, 11) is 0. The molecule has 170 valence electrons. The number of hydrogen-bond acceptors (Lipinski definition) is 6. The molecule has 1 atom stereocenters. The van der Waals surface area contributed by atoms with Crippen molar-refractivity contribution in [2.75, 3.05) is 26.2 Å². The van der Waals surface area contributed by atoms with E-state index in [0.717, 1.165) is 24.4 Å². The summed E-state index contributed by atoms with van der Waals surface area (Å²) in [6.45, 7) is 5.09. The second-order valence-electron chi connectivity index (χ2n) is 7.90. The Kier molecular flexibility index (Phi) is 8.22. The Morgan fingerprint density at radius 2 is 1.84 bits per heavy atom. The third-order valence-corrected chi connectivity index (χ3v) is 6.04. The molecule has 1 fully saturated rings. The fraction of sp³-hybridized carbons (Fsp3) is 0.435. The highest BCUT2D eigenvalue weighted by atomic mass is 32.2. The Morgan fingerprint density at radius 3 is 2.66 bits per heavy atom. The molecule has 2 aromatic rings. The van der Waals surface area contributed by atoms with Crippen LogP contribution in [0.5, 0.6) is 5.75 Å². The van der Waals surface area contributed by atoms with Gasteiger partial charge in [-0.05, 0) is 62.2 Å². The lowest BCUT2D eigenvalue weighted by Crippen LogP contribution is -2.39. The van der Waals surface area contributed by atoms with E-state index in [-0.39, 0.29) is 0 Å². The van der Waals surface area contributed by atoms with E-state index < -0.39 is 11.2 Å². The van der Waals surface area contributed by atoms with E-state index in [1.165, 1.54) is 37.9 Å². The summed E-state index contributed by atoms with van der Waals surface area (Å²) in [5, 5.41) is 6.36. The number of likely N-dealkylation sites (tertiary alicyclic amines) is 1. The molecule has 0 spiro atoms. The van der Waals surface area contributed by atoms with Crippen molar-refractivity contribution in [3.05, 3.63) is 59.9 Å². The zero-order valence-corrected chi connectivity index (χ0v) is 19.0. The van der Waals surface area contributed by atoms with E-state index in [1.807, 2.05) is 24.3 Å². The van der Waals surface area contributed by atoms with Gasteiger partial charge in [0.1, 0.15) is 5.75 Å². The number of nitrogens with one attached hydrogen (secondary N) is 2. The van der Waals surface area contributed by atoms with Gasteiger partial charge in [0, 0.05) is 19.3 Å². The molecule has 4 rings (SSSR count). The lowest BCUT2D eigenvalue weighted by atomic mass is 10.1. The first-order chi connectivity index (χ1) is 15.8. The monoisotopic (exact) mass is 454 g/mol. The van der Waals surface area contributed by atoms with Gasteiger partial charge in [-0.1, -0.05) is 24.6 Å². The molecule has 0 bridgehead atoms. The van der Waals surface area contributed by atoms with Crippen LogP contribution in [0.3, 0.4) is 0 Å². The molecular formula is C23H30N6O2S. The molecule has 0 radical (unpaired) electrons. The molecule has 0 amide bonds. The van der Waals surface area contributed by atoms with E-state index in [1.54, 1.807) is 6.20 Å². The first kappa shape index (κ1) is 22.4. The van der Waals surface area contributed by atoms with Crippen molar-refractivity contribution in [3.63, 3.8) is 0 Å². The van der Waals surface area contributed by atoms with Gasteiger partial charge in [0.2, 0.25) is 0 Å². The minimum absolute atomic E-state index is 0.494. The normalized spacial score (nSPS) is 18.7. The lowest BCUT2D eigenvalue weighted by Gasteiger charge is -2.26. The molecule has 0 aliphatic carbocycles. The van der Waals surface area contributed by atoms with E-state index in [9.17, 15) is 4.21 Å². The molecule has 1 aromatic heterocycles. The SMILES string of the molecule is O=S1N=C(NCCCOc2cccc(CN3CCCCC3)c2)C(NCc2ccccn2)=N1. The average Bonchev–Trinajstić information content (AvgIpc) is 3.18. The summed E-state index contributed by atoms with van der Waals surface area (Å²) < 4.78 is 25.8. The van der Waals surface area contributed by atoms with Crippen LogP contribution in [0.4, 0.5) is 0 Å². The van der Waals surface area contributed by atoms with Crippen molar-refractivity contribution >= 4 is 22.8 Å². The van der Waals surface area contributed by atoms with Gasteiger partial charge < -0.3 is 15.4 Å². The van der Waals surface area contributed by atoms with E-state index in [4.69, 9.17) is 4.74 Å². The van der Waals surface area contributed by atoms with Gasteiger partial charge in [-0.25, -0.2) is 4.21 Å². The lowest BCUT2D eigenvalue weighted by molar-refractivity contribution is 0.220. The smallest absolute Gasteiger partial charge is 0.269 e. The van der Waals surface area contributed by atoms with E-state index in [2.05, 4.69) is 47.5 Å². The minimum Gasteiger partial charge on any atom is -0.494 e. The van der Waals surface area contributed by atoms with Crippen LogP contribution in [0.15, 0.2) is 57.5 Å². The average molecular weight is 455 g/mol. The molecule has 2 aliphatic rings. The first-order valence-corrected chi connectivity index (χ1v) is 12.2. The van der Waals surface area contributed by atoms with Gasteiger partial charge >= 0.3 is 0 Å². The maximum Gasteiger partial charge on any atom is 0.269 e. The zero-order chi connectivity index (χ0) is 22.0. The summed E-state index contributed by atoms with van der Waals surface area (Å²) in [6, 6.07) is 14.1. The van der Waals surface area contributed by atoms with E-state index in [0.29, 0.717) is 31.4 Å². The fourth-order valence-corrected chi connectivity index (χ4v) is 4.41. The number of rotatable bonds is 9. The molecule has 2 aliphatic heterocycles. The molecular weight excluding hydrogens is 424 g/mol. The van der Waals surface area contributed by atoms with Gasteiger partial charge in [-0.2, -0.15) is 0 Å². The van der Waals surface area contributed by atoms with Gasteiger partial charge in [0.15, 0.2) is 11.7 Å². The van der Waals surface area contributed by atoms with Crippen LogP contribution >= 0.6 is 0 Å². The highest BCUT2D eigenvalue weighted by Crippen LogP contribution is 2.17.